The second kappa shape index (κ2) is 7.63. The Morgan fingerprint density at radius 3 is 2.41 bits per heavy atom. The van der Waals surface area contributed by atoms with E-state index in [1.165, 1.54) is 12.1 Å². The van der Waals surface area contributed by atoms with Gasteiger partial charge in [-0.05, 0) is 29.3 Å². The van der Waals surface area contributed by atoms with Gasteiger partial charge in [0.15, 0.2) is 9.84 Å². The second-order valence-corrected chi connectivity index (χ2v) is 8.45. The first kappa shape index (κ1) is 18.7. The van der Waals surface area contributed by atoms with E-state index in [4.69, 9.17) is 0 Å². The number of sulfone groups is 1. The molecule has 7 nitrogen and oxygen atoms in total. The van der Waals surface area contributed by atoms with Gasteiger partial charge in [-0.2, -0.15) is 0 Å². The third kappa shape index (κ3) is 4.95. The molecule has 27 heavy (non-hydrogen) atoms. The normalized spacial score (nSPS) is 11.3. The molecular formula is C19H19N3O4S. The van der Waals surface area contributed by atoms with Gasteiger partial charge in [0.1, 0.15) is 0 Å². The number of H-pyrrole nitrogens is 1. The van der Waals surface area contributed by atoms with Gasteiger partial charge in [0.2, 0.25) is 5.91 Å². The molecule has 3 aromatic rings. The lowest BCUT2D eigenvalue weighted by atomic mass is 10.1. The van der Waals surface area contributed by atoms with Crippen LogP contribution in [0.25, 0.3) is 10.9 Å². The molecule has 2 amide bonds. The lowest BCUT2D eigenvalue weighted by molar-refractivity contribution is -0.121. The van der Waals surface area contributed by atoms with Gasteiger partial charge < -0.3 is 4.98 Å². The van der Waals surface area contributed by atoms with Crippen LogP contribution < -0.4 is 10.9 Å². The fourth-order valence-electron chi connectivity index (χ4n) is 2.75. The molecule has 0 radical (unpaired) electrons. The van der Waals surface area contributed by atoms with Crippen molar-refractivity contribution in [1.29, 1.82) is 0 Å². The molecule has 0 saturated carbocycles. The van der Waals surface area contributed by atoms with Gasteiger partial charge in [-0.25, -0.2) is 8.42 Å². The Morgan fingerprint density at radius 1 is 1.00 bits per heavy atom. The van der Waals surface area contributed by atoms with Crippen LogP contribution in [0, 0.1) is 0 Å². The molecular weight excluding hydrogens is 366 g/mol. The van der Waals surface area contributed by atoms with Crippen molar-refractivity contribution < 1.29 is 18.0 Å². The van der Waals surface area contributed by atoms with E-state index in [2.05, 4.69) is 15.8 Å². The van der Waals surface area contributed by atoms with Crippen molar-refractivity contribution in [3.8, 4) is 0 Å². The van der Waals surface area contributed by atoms with Crippen LogP contribution in [0.2, 0.25) is 0 Å². The van der Waals surface area contributed by atoms with E-state index >= 15 is 0 Å². The molecule has 3 N–H and O–H groups in total. The van der Waals surface area contributed by atoms with Crippen molar-refractivity contribution in [2.24, 2.45) is 0 Å². The number of rotatable bonds is 5. The summed E-state index contributed by atoms with van der Waals surface area (Å²) in [6.07, 6.45) is 3.04. The number of benzene rings is 2. The number of nitrogens with one attached hydrogen (secondary N) is 3. The maximum Gasteiger partial charge on any atom is 0.269 e. The number of aromatic nitrogens is 1. The molecule has 0 aliphatic heterocycles. The maximum atomic E-state index is 12.1. The highest BCUT2D eigenvalue weighted by Crippen LogP contribution is 2.17. The van der Waals surface area contributed by atoms with Crippen LogP contribution in [0.5, 0.6) is 0 Å². The summed E-state index contributed by atoms with van der Waals surface area (Å²) in [5, 5.41) is 0.959. The summed E-state index contributed by atoms with van der Waals surface area (Å²) in [6.45, 7) is 0. The van der Waals surface area contributed by atoms with E-state index < -0.39 is 15.7 Å². The summed E-state index contributed by atoms with van der Waals surface area (Å²) in [5.41, 5.74) is 7.44. The minimum atomic E-state index is -3.13. The van der Waals surface area contributed by atoms with Crippen molar-refractivity contribution in [3.63, 3.8) is 0 Å². The number of fused-ring (bicyclic) bond motifs is 1. The molecule has 2 aromatic carbocycles. The first-order valence-corrected chi connectivity index (χ1v) is 10.3. The Balaban J connectivity index is 1.56. The Morgan fingerprint density at radius 2 is 1.70 bits per heavy atom. The standard InChI is InChI=1S/C19H19N3O4S/c1-27(25,26)12-13-6-8-14(9-7-13)19(24)22-21-18(23)10-15-11-20-17-5-3-2-4-16(15)17/h2-9,11,20H,10,12H2,1H3,(H,21,23)(H,22,24). The smallest absolute Gasteiger partial charge is 0.269 e. The third-order valence-electron chi connectivity index (χ3n) is 3.99. The number of carbonyl (C=O) groups is 2. The summed E-state index contributed by atoms with van der Waals surface area (Å²) in [6, 6.07) is 13.8. The number of para-hydroxylation sites is 1. The summed E-state index contributed by atoms with van der Waals surface area (Å²) in [5.74, 6) is -0.911. The van der Waals surface area contributed by atoms with Crippen molar-refractivity contribution in [1.82, 2.24) is 15.8 Å². The van der Waals surface area contributed by atoms with Crippen LogP contribution in [0.3, 0.4) is 0 Å². The van der Waals surface area contributed by atoms with Crippen LogP contribution in [0.1, 0.15) is 21.5 Å². The second-order valence-electron chi connectivity index (χ2n) is 6.31. The van der Waals surface area contributed by atoms with Gasteiger partial charge in [-0.1, -0.05) is 30.3 Å². The summed E-state index contributed by atoms with van der Waals surface area (Å²) >= 11 is 0. The van der Waals surface area contributed by atoms with Gasteiger partial charge in [0.25, 0.3) is 5.91 Å². The van der Waals surface area contributed by atoms with Crippen LogP contribution in [0.15, 0.2) is 54.7 Å². The maximum absolute atomic E-state index is 12.1. The zero-order valence-electron chi connectivity index (χ0n) is 14.7. The zero-order valence-corrected chi connectivity index (χ0v) is 15.5. The molecule has 0 aliphatic carbocycles. The molecule has 8 heteroatoms. The Kier molecular flexibility index (Phi) is 5.27. The van der Waals surface area contributed by atoms with Crippen molar-refractivity contribution in [2.45, 2.75) is 12.2 Å². The van der Waals surface area contributed by atoms with Gasteiger partial charge in [-0.3, -0.25) is 20.4 Å². The van der Waals surface area contributed by atoms with Gasteiger partial charge in [0, 0.05) is 28.9 Å². The van der Waals surface area contributed by atoms with Crippen LogP contribution in [-0.4, -0.2) is 31.5 Å². The Hall–Kier alpha value is -3.13. The van der Waals surface area contributed by atoms with E-state index in [9.17, 15) is 18.0 Å². The molecule has 3 rings (SSSR count). The predicted octanol–water partition coefficient (Wildman–Crippen LogP) is 1.72. The molecule has 1 aromatic heterocycles. The topological polar surface area (TPSA) is 108 Å². The molecule has 0 bridgehead atoms. The van der Waals surface area contributed by atoms with Crippen LogP contribution >= 0.6 is 0 Å². The summed E-state index contributed by atoms with van der Waals surface area (Å²) < 4.78 is 22.6. The number of hydrogen-bond acceptors (Lipinski definition) is 4. The Labute approximate surface area is 156 Å². The number of amides is 2. The van der Waals surface area contributed by atoms with Crippen molar-refractivity contribution in [3.05, 3.63) is 71.4 Å². The summed E-state index contributed by atoms with van der Waals surface area (Å²) in [7, 11) is -3.13. The van der Waals surface area contributed by atoms with Crippen molar-refractivity contribution >= 4 is 32.6 Å². The van der Waals surface area contributed by atoms with E-state index in [0.29, 0.717) is 11.1 Å². The van der Waals surface area contributed by atoms with Gasteiger partial charge in [-0.15, -0.1) is 0 Å². The molecule has 0 atom stereocenters. The third-order valence-corrected chi connectivity index (χ3v) is 4.84. The molecule has 0 fully saturated rings. The predicted molar refractivity (Wildman–Crippen MR) is 103 cm³/mol. The molecule has 140 valence electrons. The zero-order chi connectivity index (χ0) is 19.4. The minimum Gasteiger partial charge on any atom is -0.361 e. The van der Waals surface area contributed by atoms with E-state index in [1.807, 2.05) is 24.3 Å². The first-order valence-electron chi connectivity index (χ1n) is 8.23. The van der Waals surface area contributed by atoms with Gasteiger partial charge in [0.05, 0.1) is 12.2 Å². The van der Waals surface area contributed by atoms with E-state index in [-0.39, 0.29) is 18.1 Å². The highest BCUT2D eigenvalue weighted by Gasteiger charge is 2.11. The number of hydrogen-bond donors (Lipinski definition) is 3. The summed E-state index contributed by atoms with van der Waals surface area (Å²) in [4.78, 5) is 27.3. The van der Waals surface area contributed by atoms with Crippen LogP contribution in [-0.2, 0) is 26.8 Å². The molecule has 0 saturated heterocycles. The molecule has 0 aliphatic rings. The first-order chi connectivity index (χ1) is 12.8. The quantitative estimate of drug-likeness (QED) is 0.581. The highest BCUT2D eigenvalue weighted by molar-refractivity contribution is 7.89. The fraction of sp³-hybridized carbons (Fsp3) is 0.158. The molecule has 0 spiro atoms. The van der Waals surface area contributed by atoms with E-state index in [1.54, 1.807) is 18.3 Å². The number of hydrazine groups is 1. The van der Waals surface area contributed by atoms with Crippen LogP contribution in [0.4, 0.5) is 0 Å². The van der Waals surface area contributed by atoms with Gasteiger partial charge >= 0.3 is 0 Å². The van der Waals surface area contributed by atoms with Crippen molar-refractivity contribution in [2.75, 3.05) is 6.26 Å². The minimum absolute atomic E-state index is 0.0870. The number of aromatic amines is 1. The lowest BCUT2D eigenvalue weighted by Gasteiger charge is -2.08. The fourth-order valence-corrected chi connectivity index (χ4v) is 3.55. The Bertz CT molecular complexity index is 1090. The highest BCUT2D eigenvalue weighted by atomic mass is 32.2. The molecule has 0 unspecified atom stereocenters. The average Bonchev–Trinajstić information content (AvgIpc) is 3.02. The lowest BCUT2D eigenvalue weighted by Crippen LogP contribution is -2.42. The largest absolute Gasteiger partial charge is 0.361 e. The average molecular weight is 385 g/mol. The number of carbonyl (C=O) groups excluding carboxylic acids is 2. The SMILES string of the molecule is CS(=O)(=O)Cc1ccc(C(=O)NNC(=O)Cc2c[nH]c3ccccc23)cc1. The monoisotopic (exact) mass is 385 g/mol. The van der Waals surface area contributed by atoms with E-state index in [0.717, 1.165) is 22.7 Å². The molecule has 1 heterocycles.